The Morgan fingerprint density at radius 3 is 2.33 bits per heavy atom. The summed E-state index contributed by atoms with van der Waals surface area (Å²) in [7, 11) is 0. The van der Waals surface area contributed by atoms with Crippen molar-refractivity contribution in [1.82, 2.24) is 4.90 Å². The van der Waals surface area contributed by atoms with Crippen LogP contribution in [-0.4, -0.2) is 26.9 Å². The number of carbonyl (C=O) groups excluding carboxylic acids is 2. The molecule has 0 spiro atoms. The van der Waals surface area contributed by atoms with Crippen LogP contribution in [0.2, 0.25) is 0 Å². The van der Waals surface area contributed by atoms with Gasteiger partial charge in [-0.2, -0.15) is 0 Å². The molecule has 5 nitrogen and oxygen atoms in total. The maximum Gasteiger partial charge on any atom is 0.265 e. The number of phenolic OH excluding ortho intramolecular Hbond substituents is 2. The van der Waals surface area contributed by atoms with Gasteiger partial charge < -0.3 is 10.2 Å². The summed E-state index contributed by atoms with van der Waals surface area (Å²) in [6.07, 6.45) is -0.0202. The predicted molar refractivity (Wildman–Crippen MR) is 99.5 cm³/mol. The Balaban J connectivity index is 1.59. The van der Waals surface area contributed by atoms with Crippen LogP contribution in [0.3, 0.4) is 0 Å². The minimum Gasteiger partial charge on any atom is -0.504 e. The number of halogens is 3. The summed E-state index contributed by atoms with van der Waals surface area (Å²) in [6.45, 7) is -0.124. The molecule has 0 saturated heterocycles. The summed E-state index contributed by atoms with van der Waals surface area (Å²) in [5, 5.41) is 19.5. The number of fused-ring (bicyclic) bond motifs is 1. The highest BCUT2D eigenvalue weighted by molar-refractivity contribution is 6.22. The SMILES string of the molecule is O=C1c2ccc(O)c(O)c2C(=O)N1Cc1cccc(Cc2ccc(F)c(F)c2F)c1. The highest BCUT2D eigenvalue weighted by Gasteiger charge is 2.38. The van der Waals surface area contributed by atoms with E-state index >= 15 is 0 Å². The molecule has 8 heteroatoms. The Morgan fingerprint density at radius 1 is 0.833 bits per heavy atom. The number of benzene rings is 3. The van der Waals surface area contributed by atoms with Gasteiger partial charge in [0.05, 0.1) is 17.7 Å². The first-order valence-corrected chi connectivity index (χ1v) is 8.89. The van der Waals surface area contributed by atoms with Crippen molar-refractivity contribution in [2.75, 3.05) is 0 Å². The molecule has 0 saturated carbocycles. The molecule has 0 fully saturated rings. The Labute approximate surface area is 168 Å². The van der Waals surface area contributed by atoms with Crippen molar-refractivity contribution >= 4 is 11.8 Å². The fourth-order valence-electron chi connectivity index (χ4n) is 3.43. The van der Waals surface area contributed by atoms with E-state index in [1.165, 1.54) is 6.07 Å². The number of phenols is 2. The first-order chi connectivity index (χ1) is 14.3. The highest BCUT2D eigenvalue weighted by atomic mass is 19.2. The van der Waals surface area contributed by atoms with Crippen molar-refractivity contribution in [3.05, 3.63) is 93.8 Å². The van der Waals surface area contributed by atoms with Gasteiger partial charge in [-0.3, -0.25) is 14.5 Å². The van der Waals surface area contributed by atoms with E-state index in [0.29, 0.717) is 11.1 Å². The fourth-order valence-corrected chi connectivity index (χ4v) is 3.43. The minimum absolute atomic E-state index is 0.0182. The molecule has 1 heterocycles. The van der Waals surface area contributed by atoms with Crippen LogP contribution < -0.4 is 0 Å². The van der Waals surface area contributed by atoms with E-state index in [1.807, 2.05) is 0 Å². The standard InChI is InChI=1S/C22H14F3NO4/c23-15-6-4-13(18(24)19(15)25)9-11-2-1-3-12(8-11)10-26-21(29)14-5-7-16(27)20(28)17(14)22(26)30/h1-8,27-28H,9-10H2. The molecule has 0 aromatic heterocycles. The summed E-state index contributed by atoms with van der Waals surface area (Å²) in [5.41, 5.74) is 0.783. The molecule has 2 amide bonds. The third-order valence-electron chi connectivity index (χ3n) is 4.93. The van der Waals surface area contributed by atoms with E-state index in [2.05, 4.69) is 0 Å². The molecule has 0 radical (unpaired) electrons. The number of nitrogens with zero attached hydrogens (tertiary/aromatic N) is 1. The molecular formula is C22H14F3NO4. The molecule has 30 heavy (non-hydrogen) atoms. The van der Waals surface area contributed by atoms with E-state index in [4.69, 9.17) is 0 Å². The fraction of sp³-hybridized carbons (Fsp3) is 0.0909. The van der Waals surface area contributed by atoms with E-state index in [1.54, 1.807) is 24.3 Å². The van der Waals surface area contributed by atoms with E-state index in [0.717, 1.165) is 23.1 Å². The molecule has 0 atom stereocenters. The van der Waals surface area contributed by atoms with Gasteiger partial charge in [-0.1, -0.05) is 30.3 Å². The quantitative estimate of drug-likeness (QED) is 0.386. The Hall–Kier alpha value is -3.81. The zero-order chi connectivity index (χ0) is 21.6. The third kappa shape index (κ3) is 3.16. The van der Waals surface area contributed by atoms with Gasteiger partial charge in [0.25, 0.3) is 11.8 Å². The number of carbonyl (C=O) groups is 2. The normalized spacial score (nSPS) is 13.1. The number of hydrogen-bond acceptors (Lipinski definition) is 4. The lowest BCUT2D eigenvalue weighted by Crippen LogP contribution is -2.29. The van der Waals surface area contributed by atoms with Crippen LogP contribution in [0.25, 0.3) is 0 Å². The number of hydrogen-bond donors (Lipinski definition) is 2. The van der Waals surface area contributed by atoms with Gasteiger partial charge in [0, 0.05) is 6.42 Å². The number of amides is 2. The maximum atomic E-state index is 13.9. The van der Waals surface area contributed by atoms with Crippen molar-refractivity contribution in [3.8, 4) is 11.5 Å². The molecule has 2 N–H and O–H groups in total. The predicted octanol–water partition coefficient (Wildman–Crippen LogP) is 3.90. The lowest BCUT2D eigenvalue weighted by molar-refractivity contribution is 0.0641. The van der Waals surface area contributed by atoms with Crippen LogP contribution in [0.5, 0.6) is 11.5 Å². The zero-order valence-corrected chi connectivity index (χ0v) is 15.3. The summed E-state index contributed by atoms with van der Waals surface area (Å²) < 4.78 is 40.5. The van der Waals surface area contributed by atoms with Gasteiger partial charge in [0.15, 0.2) is 29.0 Å². The van der Waals surface area contributed by atoms with Crippen LogP contribution in [-0.2, 0) is 13.0 Å². The molecule has 0 unspecified atom stereocenters. The van der Waals surface area contributed by atoms with Gasteiger partial charge in [-0.05, 0) is 34.9 Å². The number of imide groups is 1. The summed E-state index contributed by atoms with van der Waals surface area (Å²) in [6, 6.07) is 10.9. The molecular weight excluding hydrogens is 399 g/mol. The van der Waals surface area contributed by atoms with Crippen LogP contribution in [0, 0.1) is 17.5 Å². The van der Waals surface area contributed by atoms with Crippen LogP contribution in [0.1, 0.15) is 37.4 Å². The second-order valence-corrected chi connectivity index (χ2v) is 6.88. The van der Waals surface area contributed by atoms with E-state index < -0.39 is 40.8 Å². The smallest absolute Gasteiger partial charge is 0.265 e. The molecule has 4 rings (SSSR count). The Morgan fingerprint density at radius 2 is 1.57 bits per heavy atom. The molecule has 3 aromatic rings. The zero-order valence-electron chi connectivity index (χ0n) is 15.3. The summed E-state index contributed by atoms with van der Waals surface area (Å²) in [4.78, 5) is 26.1. The van der Waals surface area contributed by atoms with Gasteiger partial charge >= 0.3 is 0 Å². The lowest BCUT2D eigenvalue weighted by atomic mass is 10.0. The van der Waals surface area contributed by atoms with E-state index in [9.17, 15) is 33.0 Å². The number of rotatable bonds is 4. The Kier molecular flexibility index (Phi) is 4.69. The molecule has 3 aromatic carbocycles. The van der Waals surface area contributed by atoms with Gasteiger partial charge in [0.1, 0.15) is 0 Å². The minimum atomic E-state index is -1.54. The largest absolute Gasteiger partial charge is 0.504 e. The van der Waals surface area contributed by atoms with Gasteiger partial charge in [-0.25, -0.2) is 13.2 Å². The van der Waals surface area contributed by atoms with Gasteiger partial charge in [-0.15, -0.1) is 0 Å². The third-order valence-corrected chi connectivity index (χ3v) is 4.93. The second kappa shape index (κ2) is 7.22. The van der Waals surface area contributed by atoms with Crippen LogP contribution >= 0.6 is 0 Å². The lowest BCUT2D eigenvalue weighted by Gasteiger charge is -2.15. The first kappa shape index (κ1) is 19.5. The second-order valence-electron chi connectivity index (χ2n) is 6.88. The molecule has 0 bridgehead atoms. The van der Waals surface area contributed by atoms with Crippen molar-refractivity contribution in [2.24, 2.45) is 0 Å². The average molecular weight is 413 g/mol. The molecule has 1 aliphatic heterocycles. The summed E-state index contributed by atoms with van der Waals surface area (Å²) in [5.74, 6) is -6.62. The first-order valence-electron chi connectivity index (χ1n) is 8.89. The van der Waals surface area contributed by atoms with Crippen molar-refractivity contribution in [3.63, 3.8) is 0 Å². The summed E-state index contributed by atoms with van der Waals surface area (Å²) >= 11 is 0. The van der Waals surface area contributed by atoms with Crippen molar-refractivity contribution < 1.29 is 33.0 Å². The topological polar surface area (TPSA) is 77.8 Å². The average Bonchev–Trinajstić information content (AvgIpc) is 2.96. The van der Waals surface area contributed by atoms with Crippen LogP contribution in [0.15, 0.2) is 48.5 Å². The molecule has 152 valence electrons. The molecule has 1 aliphatic rings. The highest BCUT2D eigenvalue weighted by Crippen LogP contribution is 2.37. The maximum absolute atomic E-state index is 13.9. The number of aromatic hydroxyl groups is 2. The monoisotopic (exact) mass is 413 g/mol. The molecule has 0 aliphatic carbocycles. The van der Waals surface area contributed by atoms with Gasteiger partial charge in [0.2, 0.25) is 0 Å². The van der Waals surface area contributed by atoms with Crippen molar-refractivity contribution in [1.29, 1.82) is 0 Å². The van der Waals surface area contributed by atoms with Crippen LogP contribution in [0.4, 0.5) is 13.2 Å². The van der Waals surface area contributed by atoms with E-state index in [-0.39, 0.29) is 29.7 Å². The van der Waals surface area contributed by atoms with Crippen molar-refractivity contribution in [2.45, 2.75) is 13.0 Å². The Bertz CT molecular complexity index is 1210.